The molecule has 0 bridgehead atoms. The van der Waals surface area contributed by atoms with Crippen LogP contribution in [-0.4, -0.2) is 22.7 Å². The smallest absolute Gasteiger partial charge is 0.0586 e. The summed E-state index contributed by atoms with van der Waals surface area (Å²) in [6, 6.07) is 2.08. The summed E-state index contributed by atoms with van der Waals surface area (Å²) < 4.78 is 0. The molecule has 0 spiro atoms. The van der Waals surface area contributed by atoms with Crippen LogP contribution < -0.4 is 5.73 Å². The van der Waals surface area contributed by atoms with Crippen molar-refractivity contribution in [3.8, 4) is 0 Å². The Morgan fingerprint density at radius 3 is 2.93 bits per heavy atom. The van der Waals surface area contributed by atoms with Crippen LogP contribution >= 0.6 is 0 Å². The molecule has 1 aliphatic carbocycles. The third-order valence-corrected chi connectivity index (χ3v) is 2.89. The summed E-state index contributed by atoms with van der Waals surface area (Å²) in [6.07, 6.45) is 5.71. The summed E-state index contributed by atoms with van der Waals surface area (Å²) in [7, 11) is 0. The normalized spacial score (nSPS) is 17.9. The molecular weight excluding hydrogens is 176 g/mol. The summed E-state index contributed by atoms with van der Waals surface area (Å²) in [6.45, 7) is 0.0592. The van der Waals surface area contributed by atoms with E-state index in [2.05, 4.69) is 11.1 Å². The number of aliphatic hydroxyl groups is 1. The average molecular weight is 194 g/mol. The van der Waals surface area contributed by atoms with E-state index in [0.29, 0.717) is 0 Å². The second kappa shape index (κ2) is 4.15. The Morgan fingerprint density at radius 2 is 2.21 bits per heavy atom. The van der Waals surface area contributed by atoms with E-state index in [9.17, 15) is 0 Å². The topological polar surface area (TPSA) is 62.0 Å². The quantitative estimate of drug-likeness (QED) is 0.665. The summed E-state index contributed by atoms with van der Waals surface area (Å²) in [5.74, 6) is 0. The van der Waals surface area contributed by atoms with Gasteiger partial charge in [0.05, 0.1) is 6.61 Å². The van der Waals surface area contributed by atoms with E-state index in [0.717, 1.165) is 6.42 Å². The first-order valence-corrected chi connectivity index (χ1v) is 5.35. The van der Waals surface area contributed by atoms with Gasteiger partial charge in [-0.15, -0.1) is 0 Å². The minimum Gasteiger partial charge on any atom is -0.395 e. The Balaban J connectivity index is 2.08. The molecule has 1 atom stereocenters. The van der Waals surface area contributed by atoms with Gasteiger partial charge in [-0.1, -0.05) is 0 Å². The molecule has 0 aromatic carbocycles. The Kier molecular flexibility index (Phi) is 2.89. The van der Waals surface area contributed by atoms with Crippen LogP contribution in [0.4, 0.5) is 0 Å². The maximum Gasteiger partial charge on any atom is 0.0586 e. The predicted molar refractivity (Wildman–Crippen MR) is 56.2 cm³/mol. The number of H-pyrrole nitrogens is 1. The zero-order valence-corrected chi connectivity index (χ0v) is 8.42. The number of nitrogens with two attached hydrogens (primary N) is 1. The first kappa shape index (κ1) is 9.74. The van der Waals surface area contributed by atoms with Crippen LogP contribution in [-0.2, 0) is 19.3 Å². The van der Waals surface area contributed by atoms with E-state index in [4.69, 9.17) is 10.8 Å². The van der Waals surface area contributed by atoms with Gasteiger partial charge in [-0.05, 0) is 37.3 Å². The lowest BCUT2D eigenvalue weighted by molar-refractivity contribution is 0.264. The lowest BCUT2D eigenvalue weighted by Crippen LogP contribution is -2.26. The fraction of sp³-hybridized carbons (Fsp3) is 0.636. The minimum atomic E-state index is -0.130. The molecule has 78 valence electrons. The van der Waals surface area contributed by atoms with Crippen LogP contribution in [0.15, 0.2) is 6.07 Å². The highest BCUT2D eigenvalue weighted by atomic mass is 16.3. The Morgan fingerprint density at radius 1 is 1.43 bits per heavy atom. The zero-order chi connectivity index (χ0) is 9.97. The van der Waals surface area contributed by atoms with Crippen LogP contribution in [0.25, 0.3) is 0 Å². The van der Waals surface area contributed by atoms with Gasteiger partial charge in [0, 0.05) is 23.9 Å². The molecule has 0 saturated heterocycles. The highest BCUT2D eigenvalue weighted by Gasteiger charge is 2.13. The third-order valence-electron chi connectivity index (χ3n) is 2.89. The molecule has 14 heavy (non-hydrogen) atoms. The van der Waals surface area contributed by atoms with Gasteiger partial charge < -0.3 is 15.8 Å². The van der Waals surface area contributed by atoms with Gasteiger partial charge in [-0.3, -0.25) is 0 Å². The number of fused-ring (bicyclic) bond motifs is 1. The maximum atomic E-state index is 8.86. The van der Waals surface area contributed by atoms with Gasteiger partial charge >= 0.3 is 0 Å². The summed E-state index contributed by atoms with van der Waals surface area (Å²) in [4.78, 5) is 3.41. The molecule has 3 nitrogen and oxygen atoms in total. The van der Waals surface area contributed by atoms with Gasteiger partial charge in [0.2, 0.25) is 0 Å². The van der Waals surface area contributed by atoms with Crippen molar-refractivity contribution in [1.82, 2.24) is 4.98 Å². The number of nitrogens with one attached hydrogen (secondary N) is 1. The van der Waals surface area contributed by atoms with Crippen molar-refractivity contribution in [2.24, 2.45) is 5.73 Å². The third kappa shape index (κ3) is 1.99. The summed E-state index contributed by atoms with van der Waals surface area (Å²) in [5.41, 5.74) is 9.71. The van der Waals surface area contributed by atoms with Crippen molar-refractivity contribution in [1.29, 1.82) is 0 Å². The molecule has 1 heterocycles. The van der Waals surface area contributed by atoms with Crippen molar-refractivity contribution >= 4 is 0 Å². The summed E-state index contributed by atoms with van der Waals surface area (Å²) in [5, 5.41) is 8.86. The van der Waals surface area contributed by atoms with Gasteiger partial charge in [-0.2, -0.15) is 0 Å². The van der Waals surface area contributed by atoms with Crippen LogP contribution in [0.3, 0.4) is 0 Å². The minimum absolute atomic E-state index is 0.0592. The average Bonchev–Trinajstić information content (AvgIpc) is 2.59. The molecule has 1 unspecified atom stereocenters. The van der Waals surface area contributed by atoms with Crippen molar-refractivity contribution in [2.45, 2.75) is 38.1 Å². The van der Waals surface area contributed by atoms with E-state index >= 15 is 0 Å². The Hall–Kier alpha value is -0.800. The molecule has 2 rings (SSSR count). The van der Waals surface area contributed by atoms with E-state index < -0.39 is 0 Å². The van der Waals surface area contributed by atoms with E-state index in [-0.39, 0.29) is 12.6 Å². The van der Waals surface area contributed by atoms with E-state index in [1.54, 1.807) is 0 Å². The van der Waals surface area contributed by atoms with E-state index in [1.165, 1.54) is 42.6 Å². The summed E-state index contributed by atoms with van der Waals surface area (Å²) >= 11 is 0. The van der Waals surface area contributed by atoms with Gasteiger partial charge in [0.1, 0.15) is 0 Å². The standard InChI is InChI=1S/C11H18N2O/c12-9(7-14)6-10-5-8-3-1-2-4-11(8)13-10/h5,9,13-14H,1-4,6-7,12H2. The first-order chi connectivity index (χ1) is 6.79. The fourth-order valence-corrected chi connectivity index (χ4v) is 2.13. The van der Waals surface area contributed by atoms with Gasteiger partial charge in [-0.25, -0.2) is 0 Å². The predicted octanol–water partition coefficient (Wildman–Crippen LogP) is 0.756. The molecule has 3 heteroatoms. The number of hydrogen-bond donors (Lipinski definition) is 3. The SMILES string of the molecule is NC(CO)Cc1cc2c([nH]1)CCCC2. The lowest BCUT2D eigenvalue weighted by Gasteiger charge is -2.09. The molecule has 0 fully saturated rings. The Labute approximate surface area is 84.3 Å². The molecule has 0 amide bonds. The molecule has 4 N–H and O–H groups in total. The monoisotopic (exact) mass is 194 g/mol. The maximum absolute atomic E-state index is 8.86. The fourth-order valence-electron chi connectivity index (χ4n) is 2.13. The highest BCUT2D eigenvalue weighted by molar-refractivity contribution is 5.28. The Bertz CT molecular complexity index is 283. The number of rotatable bonds is 3. The molecule has 1 aliphatic rings. The van der Waals surface area contributed by atoms with Gasteiger partial charge in [0.15, 0.2) is 0 Å². The number of hydrogen-bond acceptors (Lipinski definition) is 2. The molecule has 0 radical (unpaired) electrons. The lowest BCUT2D eigenvalue weighted by atomic mass is 9.98. The van der Waals surface area contributed by atoms with Gasteiger partial charge in [0.25, 0.3) is 0 Å². The highest BCUT2D eigenvalue weighted by Crippen LogP contribution is 2.21. The van der Waals surface area contributed by atoms with Crippen LogP contribution in [0, 0.1) is 0 Å². The number of aromatic amines is 1. The number of aromatic nitrogens is 1. The second-order valence-corrected chi connectivity index (χ2v) is 4.15. The van der Waals surface area contributed by atoms with Crippen molar-refractivity contribution in [3.63, 3.8) is 0 Å². The number of aliphatic hydroxyl groups excluding tert-OH is 1. The van der Waals surface area contributed by atoms with Crippen LogP contribution in [0.5, 0.6) is 0 Å². The van der Waals surface area contributed by atoms with Crippen molar-refractivity contribution < 1.29 is 5.11 Å². The zero-order valence-electron chi connectivity index (χ0n) is 8.42. The van der Waals surface area contributed by atoms with Crippen LogP contribution in [0.1, 0.15) is 29.8 Å². The molecule has 0 aliphatic heterocycles. The van der Waals surface area contributed by atoms with Crippen LogP contribution in [0.2, 0.25) is 0 Å². The number of aryl methyl sites for hydroxylation is 2. The van der Waals surface area contributed by atoms with E-state index in [1.807, 2.05) is 0 Å². The molecule has 1 aromatic heterocycles. The van der Waals surface area contributed by atoms with Crippen molar-refractivity contribution in [2.75, 3.05) is 6.61 Å². The molecular formula is C11H18N2O. The first-order valence-electron chi connectivity index (χ1n) is 5.35. The molecule has 1 aromatic rings. The molecule has 0 saturated carbocycles. The van der Waals surface area contributed by atoms with Crippen molar-refractivity contribution in [3.05, 3.63) is 23.0 Å². The largest absolute Gasteiger partial charge is 0.395 e. The second-order valence-electron chi connectivity index (χ2n) is 4.15.